The van der Waals surface area contributed by atoms with E-state index in [9.17, 15) is 62.5 Å². The van der Waals surface area contributed by atoms with Gasteiger partial charge in [-0.1, -0.05) is 80.6 Å². The van der Waals surface area contributed by atoms with Gasteiger partial charge in [0.15, 0.2) is 40.7 Å². The zero-order valence-corrected chi connectivity index (χ0v) is 45.6. The summed E-state index contributed by atoms with van der Waals surface area (Å²) in [6, 6.07) is 23.5. The van der Waals surface area contributed by atoms with Gasteiger partial charge in [-0.15, -0.1) is 0 Å². The van der Waals surface area contributed by atoms with Crippen molar-refractivity contribution in [1.82, 2.24) is 10.6 Å². The van der Waals surface area contributed by atoms with E-state index in [-0.39, 0.29) is 22.3 Å². The van der Waals surface area contributed by atoms with E-state index in [1.165, 1.54) is 64.1 Å². The summed E-state index contributed by atoms with van der Waals surface area (Å²) in [7, 11) is 0. The molecule has 3 fully saturated rings. The molecule has 0 radical (unpaired) electrons. The van der Waals surface area contributed by atoms with Gasteiger partial charge in [-0.2, -0.15) is 4.39 Å². The number of benzene rings is 4. The molecule has 11 atom stereocenters. The summed E-state index contributed by atoms with van der Waals surface area (Å²) in [5.74, 6) is -14.5. The van der Waals surface area contributed by atoms with E-state index in [1.807, 2.05) is 0 Å². The number of ether oxygens (including phenoxy) is 6. The number of amides is 2. The van der Waals surface area contributed by atoms with Crippen LogP contribution in [-0.2, 0) is 52.4 Å². The van der Waals surface area contributed by atoms with E-state index in [2.05, 4.69) is 10.6 Å². The van der Waals surface area contributed by atoms with Crippen LogP contribution in [-0.4, -0.2) is 124 Å². The molecule has 436 valence electrons. The number of nitrogens with one attached hydrogen (secondary N) is 2. The van der Waals surface area contributed by atoms with Crippen LogP contribution in [0, 0.1) is 28.4 Å². The molecule has 1 aromatic heterocycles. The fourth-order valence-electron chi connectivity index (χ4n) is 12.3. The van der Waals surface area contributed by atoms with Crippen LogP contribution >= 0.6 is 0 Å². The Balaban J connectivity index is 1.12. The number of carbonyl (C=O) groups excluding carboxylic acids is 8. The van der Waals surface area contributed by atoms with Gasteiger partial charge in [0.1, 0.15) is 35.6 Å². The first-order valence-electron chi connectivity index (χ1n) is 26.4. The van der Waals surface area contributed by atoms with Crippen LogP contribution < -0.4 is 16.3 Å². The van der Waals surface area contributed by atoms with Crippen molar-refractivity contribution in [3.63, 3.8) is 0 Å². The van der Waals surface area contributed by atoms with Crippen molar-refractivity contribution >= 4 is 58.4 Å². The quantitative estimate of drug-likeness (QED) is 0.0389. The summed E-state index contributed by atoms with van der Waals surface area (Å²) in [5.41, 5.74) is -11.4. The zero-order valence-electron chi connectivity index (χ0n) is 45.6. The van der Waals surface area contributed by atoms with Gasteiger partial charge in [0.25, 0.3) is 11.8 Å². The predicted octanol–water partition coefficient (Wildman–Crippen LogP) is 5.20. The lowest BCUT2D eigenvalue weighted by atomic mass is 9.44. The third-order valence-corrected chi connectivity index (χ3v) is 16.5. The standard InChI is InChI=1S/C60H58F2N2O19/c1-29-38(79-56(75)46(69)44(32-16-10-7-11-17-32)64-52(71)33-18-12-8-13-19-33)27-60(76)51(82-54(73)34-20-14-9-15-21-34)49-58(6,50(70)48(78-30(2)65)42(29)57(60,4)5)39(26-40-59(49,28-77-40)83-31(3)66)80-41(67)22-23-63-53(72)36-24-35-25-37(61)45(68)43(62)47(35)81-55(36)74/h7-21,24-25,38-40,44,46,48-49,51,68-69,76H,22-23,26-28H2,1-6H3,(H,63,72)(H,64,71)/t38-,39-,40+,44-,46+,48+,49-,51-,58+,59-,60+/m0/s1. The molecular formula is C60H58F2N2O19. The van der Waals surface area contributed by atoms with E-state index in [0.717, 1.165) is 19.9 Å². The largest absolute Gasteiger partial charge is 0.503 e. The first-order chi connectivity index (χ1) is 39.2. The summed E-state index contributed by atoms with van der Waals surface area (Å²) in [6.45, 7) is 6.71. The minimum atomic E-state index is -2.61. The Bertz CT molecular complexity index is 3540. The Kier molecular flexibility index (Phi) is 16.0. The number of fused-ring (bicyclic) bond motifs is 6. The molecule has 21 nitrogen and oxygen atoms in total. The van der Waals surface area contributed by atoms with Gasteiger partial charge in [0.2, 0.25) is 5.82 Å². The Morgan fingerprint density at radius 1 is 0.807 bits per heavy atom. The lowest BCUT2D eigenvalue weighted by Crippen LogP contribution is -2.82. The molecule has 1 saturated heterocycles. The first kappa shape index (κ1) is 59.0. The molecular weight excluding hydrogens is 1090 g/mol. The van der Waals surface area contributed by atoms with Gasteiger partial charge in [-0.05, 0) is 67.0 Å². The lowest BCUT2D eigenvalue weighted by molar-refractivity contribution is -0.346. The number of esters is 5. The minimum Gasteiger partial charge on any atom is -0.503 e. The molecule has 4 aliphatic rings. The summed E-state index contributed by atoms with van der Waals surface area (Å²) >= 11 is 0. The molecule has 0 unspecified atom stereocenters. The van der Waals surface area contributed by atoms with Crippen molar-refractivity contribution in [2.75, 3.05) is 13.2 Å². The summed E-state index contributed by atoms with van der Waals surface area (Å²) in [4.78, 5) is 126. The molecule has 9 rings (SSSR count). The third-order valence-electron chi connectivity index (χ3n) is 16.5. The van der Waals surface area contributed by atoms with Gasteiger partial charge in [-0.25, -0.2) is 18.8 Å². The van der Waals surface area contributed by atoms with Crippen molar-refractivity contribution < 1.29 is 95.3 Å². The molecule has 4 aromatic carbocycles. The van der Waals surface area contributed by atoms with Crippen molar-refractivity contribution in [2.24, 2.45) is 16.7 Å². The Labute approximate surface area is 471 Å². The number of rotatable bonds is 15. The molecule has 2 amide bonds. The molecule has 2 heterocycles. The molecule has 2 saturated carbocycles. The maximum atomic E-state index is 16.3. The molecule has 5 aromatic rings. The number of aliphatic hydroxyl groups is 2. The van der Waals surface area contributed by atoms with E-state index in [1.54, 1.807) is 54.6 Å². The molecule has 0 spiro atoms. The fourth-order valence-corrected chi connectivity index (χ4v) is 12.3. The maximum absolute atomic E-state index is 16.3. The second-order valence-corrected chi connectivity index (χ2v) is 21.7. The number of Topliss-reactive ketones (excluding diaryl/α,β-unsaturated/α-hetero) is 1. The molecule has 1 aliphatic heterocycles. The highest BCUT2D eigenvalue weighted by molar-refractivity contribution is 5.98. The van der Waals surface area contributed by atoms with Crippen LogP contribution in [0.5, 0.6) is 5.75 Å². The average Bonchev–Trinajstić information content (AvgIpc) is 0.736. The van der Waals surface area contributed by atoms with E-state index in [0.29, 0.717) is 11.6 Å². The monoisotopic (exact) mass is 1150 g/mol. The fraction of sp³-hybridized carbons (Fsp3) is 0.383. The van der Waals surface area contributed by atoms with Gasteiger partial charge in [0, 0.05) is 49.6 Å². The van der Waals surface area contributed by atoms with Crippen LogP contribution in [0.15, 0.2) is 123 Å². The van der Waals surface area contributed by atoms with Crippen molar-refractivity contribution in [3.05, 3.63) is 159 Å². The van der Waals surface area contributed by atoms with Crippen LogP contribution in [0.2, 0.25) is 0 Å². The van der Waals surface area contributed by atoms with Crippen LogP contribution in [0.4, 0.5) is 8.78 Å². The second kappa shape index (κ2) is 22.6. The minimum absolute atomic E-state index is 0.0353. The highest BCUT2D eigenvalue weighted by atomic mass is 19.1. The van der Waals surface area contributed by atoms with Crippen molar-refractivity contribution in [2.45, 2.75) is 115 Å². The summed E-state index contributed by atoms with van der Waals surface area (Å²) in [6.07, 6.45) is -12.7. The lowest BCUT2D eigenvalue weighted by Gasteiger charge is -2.67. The molecule has 3 aliphatic carbocycles. The maximum Gasteiger partial charge on any atom is 0.349 e. The highest BCUT2D eigenvalue weighted by Gasteiger charge is 2.79. The Morgan fingerprint density at radius 2 is 1.43 bits per heavy atom. The van der Waals surface area contributed by atoms with Crippen LogP contribution in [0.3, 0.4) is 0 Å². The number of aliphatic hydroxyl groups excluding tert-OH is 1. The number of hydrogen-bond acceptors (Lipinski definition) is 19. The van der Waals surface area contributed by atoms with Gasteiger partial charge < -0.3 is 58.8 Å². The number of ketones is 1. The summed E-state index contributed by atoms with van der Waals surface area (Å²) < 4.78 is 70.7. The van der Waals surface area contributed by atoms with E-state index < -0.39 is 190 Å². The van der Waals surface area contributed by atoms with Crippen LogP contribution in [0.25, 0.3) is 11.0 Å². The zero-order chi connectivity index (χ0) is 60.1. The van der Waals surface area contributed by atoms with Crippen molar-refractivity contribution in [3.8, 4) is 5.75 Å². The molecule has 83 heavy (non-hydrogen) atoms. The van der Waals surface area contributed by atoms with Gasteiger partial charge >= 0.3 is 35.5 Å². The smallest absolute Gasteiger partial charge is 0.349 e. The van der Waals surface area contributed by atoms with E-state index >= 15 is 4.79 Å². The number of phenolic OH excluding ortho intramolecular Hbond substituents is 1. The number of aromatic hydroxyl groups is 1. The highest BCUT2D eigenvalue weighted by Crippen LogP contribution is 2.65. The average molecular weight is 1150 g/mol. The number of hydrogen-bond donors (Lipinski definition) is 5. The topological polar surface area (TPSA) is 307 Å². The van der Waals surface area contributed by atoms with Gasteiger partial charge in [-0.3, -0.25) is 28.8 Å². The predicted molar refractivity (Wildman–Crippen MR) is 283 cm³/mol. The molecule has 2 bridgehead atoms. The van der Waals surface area contributed by atoms with Crippen LogP contribution in [0.1, 0.15) is 103 Å². The third kappa shape index (κ3) is 10.5. The van der Waals surface area contributed by atoms with Gasteiger partial charge in [0.05, 0.1) is 36.0 Å². The number of carbonyl (C=O) groups is 8. The Morgan fingerprint density at radius 3 is 2.04 bits per heavy atom. The van der Waals surface area contributed by atoms with Crippen molar-refractivity contribution in [1.29, 1.82) is 0 Å². The summed E-state index contributed by atoms with van der Waals surface area (Å²) in [5, 5.41) is 40.3. The number of phenols is 1. The normalized spacial score (nSPS) is 26.7. The SMILES string of the molecule is CC(=O)O[C@H]1C(=O)[C@]2(C)[C@@H](OC(=O)CCNC(=O)c3cc4cc(F)c(O)c(F)c4oc3=O)C[C@H]3OC[C@@]3(OC(C)=O)[C@H]2[C@H](OC(=O)c2ccccc2)[C@]2(O)C[C@H](OC(=O)[C@H](O)[C@@H](NC(=O)c3ccccc3)c3ccccc3)C(C)=C1C2(C)C. The first-order valence-corrected chi connectivity index (χ1v) is 26.4. The number of halogens is 2. The molecule has 5 N–H and O–H groups in total. The molecule has 23 heteroatoms. The van der Waals surface area contributed by atoms with E-state index in [4.69, 9.17) is 32.8 Å². The Hall–Kier alpha value is -8.67. The second-order valence-electron chi connectivity index (χ2n) is 21.7.